The maximum atomic E-state index is 10.8. The lowest BCUT2D eigenvalue weighted by atomic mass is 10.1. The zero-order valence-electron chi connectivity index (χ0n) is 7.55. The molecular formula is C10H7BrClNO2. The molecule has 0 spiro atoms. The molecule has 3 N–H and O–H groups in total. The van der Waals surface area contributed by atoms with Crippen molar-refractivity contribution < 1.29 is 9.90 Å². The standard InChI is InChI=1S/C10H7BrClNO2/c11-3-1-2-6-4-7(12)5-8(9(6)13)10(14)15/h4-5H,3,13H2,(H,14,15). The summed E-state index contributed by atoms with van der Waals surface area (Å²) in [4.78, 5) is 10.8. The van der Waals surface area contributed by atoms with Gasteiger partial charge in [0.25, 0.3) is 0 Å². The van der Waals surface area contributed by atoms with Crippen LogP contribution in [0.5, 0.6) is 0 Å². The van der Waals surface area contributed by atoms with Gasteiger partial charge in [0, 0.05) is 10.6 Å². The van der Waals surface area contributed by atoms with Crippen molar-refractivity contribution in [3.05, 3.63) is 28.3 Å². The number of alkyl halides is 1. The van der Waals surface area contributed by atoms with Gasteiger partial charge in [0.15, 0.2) is 0 Å². The number of carboxylic acids is 1. The molecule has 3 nitrogen and oxygen atoms in total. The van der Waals surface area contributed by atoms with Gasteiger partial charge in [0.1, 0.15) is 0 Å². The smallest absolute Gasteiger partial charge is 0.337 e. The molecule has 78 valence electrons. The number of aromatic carboxylic acids is 1. The molecular weight excluding hydrogens is 281 g/mol. The van der Waals surface area contributed by atoms with Gasteiger partial charge in [0.05, 0.1) is 16.6 Å². The second-order valence-electron chi connectivity index (χ2n) is 2.66. The summed E-state index contributed by atoms with van der Waals surface area (Å²) in [6.07, 6.45) is 0. The highest BCUT2D eigenvalue weighted by molar-refractivity contribution is 9.09. The normalized spacial score (nSPS) is 9.20. The Morgan fingerprint density at radius 2 is 2.27 bits per heavy atom. The number of benzene rings is 1. The van der Waals surface area contributed by atoms with Crippen molar-refractivity contribution in [1.29, 1.82) is 0 Å². The van der Waals surface area contributed by atoms with Crippen LogP contribution < -0.4 is 5.73 Å². The average molecular weight is 289 g/mol. The quantitative estimate of drug-likeness (QED) is 0.474. The van der Waals surface area contributed by atoms with Crippen molar-refractivity contribution in [2.24, 2.45) is 0 Å². The van der Waals surface area contributed by atoms with E-state index in [2.05, 4.69) is 27.8 Å². The number of carbonyl (C=O) groups is 1. The third-order valence-corrected chi connectivity index (χ3v) is 2.16. The fraction of sp³-hybridized carbons (Fsp3) is 0.100. The van der Waals surface area contributed by atoms with E-state index in [0.29, 0.717) is 15.9 Å². The zero-order valence-corrected chi connectivity index (χ0v) is 9.89. The highest BCUT2D eigenvalue weighted by atomic mass is 79.9. The molecule has 0 saturated heterocycles. The number of hydrogen-bond acceptors (Lipinski definition) is 2. The summed E-state index contributed by atoms with van der Waals surface area (Å²) < 4.78 is 0. The number of halogens is 2. The van der Waals surface area contributed by atoms with E-state index >= 15 is 0 Å². The molecule has 0 aromatic heterocycles. The average Bonchev–Trinajstić information content (AvgIpc) is 2.18. The number of nitrogen functional groups attached to an aromatic ring is 1. The molecule has 1 aromatic carbocycles. The van der Waals surface area contributed by atoms with Crippen molar-refractivity contribution in [2.45, 2.75) is 0 Å². The Kier molecular flexibility index (Phi) is 4.01. The van der Waals surface area contributed by atoms with Gasteiger partial charge >= 0.3 is 5.97 Å². The van der Waals surface area contributed by atoms with E-state index in [0.717, 1.165) is 0 Å². The molecule has 0 heterocycles. The van der Waals surface area contributed by atoms with E-state index in [-0.39, 0.29) is 11.3 Å². The van der Waals surface area contributed by atoms with Crippen molar-refractivity contribution in [2.75, 3.05) is 11.1 Å². The molecule has 0 atom stereocenters. The second-order valence-corrected chi connectivity index (χ2v) is 3.65. The van der Waals surface area contributed by atoms with Crippen LogP contribution in [0.2, 0.25) is 5.02 Å². The van der Waals surface area contributed by atoms with Gasteiger partial charge in [-0.05, 0) is 12.1 Å². The minimum Gasteiger partial charge on any atom is -0.478 e. The number of hydrogen-bond donors (Lipinski definition) is 2. The maximum absolute atomic E-state index is 10.8. The molecule has 1 rings (SSSR count). The van der Waals surface area contributed by atoms with Gasteiger partial charge in [-0.1, -0.05) is 39.4 Å². The van der Waals surface area contributed by atoms with E-state index in [9.17, 15) is 4.79 Å². The van der Waals surface area contributed by atoms with Crippen LogP contribution in [-0.2, 0) is 0 Å². The first-order valence-corrected chi connectivity index (χ1v) is 5.43. The van der Waals surface area contributed by atoms with Crippen LogP contribution in [0, 0.1) is 11.8 Å². The van der Waals surface area contributed by atoms with Crippen LogP contribution >= 0.6 is 27.5 Å². The Morgan fingerprint density at radius 1 is 1.60 bits per heavy atom. The first-order chi connectivity index (χ1) is 7.06. The Morgan fingerprint density at radius 3 is 2.80 bits per heavy atom. The summed E-state index contributed by atoms with van der Waals surface area (Å²) in [6, 6.07) is 2.84. The summed E-state index contributed by atoms with van der Waals surface area (Å²) in [6.45, 7) is 0. The molecule has 0 bridgehead atoms. The Bertz CT molecular complexity index is 462. The van der Waals surface area contributed by atoms with Crippen LogP contribution in [0.3, 0.4) is 0 Å². The van der Waals surface area contributed by atoms with Crippen LogP contribution in [0.15, 0.2) is 12.1 Å². The van der Waals surface area contributed by atoms with Crippen molar-refractivity contribution in [3.63, 3.8) is 0 Å². The van der Waals surface area contributed by atoms with Gasteiger partial charge < -0.3 is 10.8 Å². The van der Waals surface area contributed by atoms with E-state index < -0.39 is 5.97 Å². The van der Waals surface area contributed by atoms with E-state index in [1.165, 1.54) is 6.07 Å². The lowest BCUT2D eigenvalue weighted by Gasteiger charge is -2.04. The van der Waals surface area contributed by atoms with Gasteiger partial charge in [0.2, 0.25) is 0 Å². The SMILES string of the molecule is Nc1c(C#CCBr)cc(Cl)cc1C(=O)O. The molecule has 0 aliphatic carbocycles. The highest BCUT2D eigenvalue weighted by Crippen LogP contribution is 2.22. The van der Waals surface area contributed by atoms with Crippen LogP contribution in [0.1, 0.15) is 15.9 Å². The van der Waals surface area contributed by atoms with Crippen molar-refractivity contribution in [1.82, 2.24) is 0 Å². The van der Waals surface area contributed by atoms with Gasteiger partial charge in [-0.3, -0.25) is 0 Å². The minimum absolute atomic E-state index is 0.0265. The van der Waals surface area contributed by atoms with Crippen LogP contribution in [0.4, 0.5) is 5.69 Å². The topological polar surface area (TPSA) is 63.3 Å². The third kappa shape index (κ3) is 2.88. The van der Waals surface area contributed by atoms with Crippen molar-refractivity contribution >= 4 is 39.2 Å². The number of anilines is 1. The van der Waals surface area contributed by atoms with E-state index in [1.807, 2.05) is 0 Å². The monoisotopic (exact) mass is 287 g/mol. The zero-order chi connectivity index (χ0) is 11.4. The predicted molar refractivity (Wildman–Crippen MR) is 63.5 cm³/mol. The molecule has 0 aliphatic heterocycles. The van der Waals surface area contributed by atoms with Crippen molar-refractivity contribution in [3.8, 4) is 11.8 Å². The van der Waals surface area contributed by atoms with Gasteiger partial charge in [-0.25, -0.2) is 4.79 Å². The molecule has 0 saturated carbocycles. The fourth-order valence-electron chi connectivity index (χ4n) is 1.03. The second kappa shape index (κ2) is 5.06. The lowest BCUT2D eigenvalue weighted by Crippen LogP contribution is -2.04. The first-order valence-electron chi connectivity index (χ1n) is 3.93. The molecule has 15 heavy (non-hydrogen) atoms. The fourth-order valence-corrected chi connectivity index (χ4v) is 1.39. The maximum Gasteiger partial charge on any atom is 0.337 e. The molecule has 5 heteroatoms. The summed E-state index contributed by atoms with van der Waals surface area (Å²) >= 11 is 8.88. The van der Waals surface area contributed by atoms with E-state index in [1.54, 1.807) is 6.07 Å². The molecule has 0 fully saturated rings. The first kappa shape index (κ1) is 11.9. The largest absolute Gasteiger partial charge is 0.478 e. The predicted octanol–water partition coefficient (Wildman–Crippen LogP) is 2.37. The summed E-state index contributed by atoms with van der Waals surface area (Å²) in [5.74, 6) is 4.35. The summed E-state index contributed by atoms with van der Waals surface area (Å²) in [7, 11) is 0. The highest BCUT2D eigenvalue weighted by Gasteiger charge is 2.11. The number of nitrogens with two attached hydrogens (primary N) is 1. The van der Waals surface area contributed by atoms with Gasteiger partial charge in [-0.2, -0.15) is 0 Å². The molecule has 0 radical (unpaired) electrons. The number of rotatable bonds is 1. The minimum atomic E-state index is -1.11. The third-order valence-electron chi connectivity index (χ3n) is 1.67. The molecule has 1 aromatic rings. The molecule has 0 aliphatic rings. The molecule has 0 unspecified atom stereocenters. The van der Waals surface area contributed by atoms with Gasteiger partial charge in [-0.15, -0.1) is 0 Å². The summed E-state index contributed by atoms with van der Waals surface area (Å²) in [5.41, 5.74) is 6.18. The summed E-state index contributed by atoms with van der Waals surface area (Å²) in [5, 5.41) is 9.64. The van der Waals surface area contributed by atoms with Crippen LogP contribution in [0.25, 0.3) is 0 Å². The molecule has 0 amide bonds. The Balaban J connectivity index is 3.34. The Hall–Kier alpha value is -1.18. The van der Waals surface area contributed by atoms with Crippen LogP contribution in [-0.4, -0.2) is 16.4 Å². The van der Waals surface area contributed by atoms with E-state index in [4.69, 9.17) is 22.4 Å². The Labute approximate surface area is 100 Å². The lowest BCUT2D eigenvalue weighted by molar-refractivity contribution is 0.0698. The number of carboxylic acid groups (broad SMARTS) is 1.